The molecule has 4 aromatic rings. The molecule has 2 aliphatic rings. The molecule has 2 aliphatic heterocycles. The van der Waals surface area contributed by atoms with Gasteiger partial charge in [0.25, 0.3) is 21.5 Å². The minimum absolute atomic E-state index is 0.00146. The molecule has 1 amide bonds. The van der Waals surface area contributed by atoms with Gasteiger partial charge >= 0.3 is 0 Å². The lowest BCUT2D eigenvalue weighted by Gasteiger charge is -2.43. The number of fused-ring (bicyclic) bond motifs is 5. The Balaban J connectivity index is 1.26. The fourth-order valence-corrected chi connectivity index (χ4v) is 7.36. The number of amides is 1. The highest BCUT2D eigenvalue weighted by Crippen LogP contribution is 2.36. The van der Waals surface area contributed by atoms with Crippen LogP contribution in [0.1, 0.15) is 28.4 Å². The first kappa shape index (κ1) is 22.1. The first-order valence-corrected chi connectivity index (χ1v) is 13.8. The first-order valence-electron chi connectivity index (χ1n) is 11.5. The van der Waals surface area contributed by atoms with E-state index in [9.17, 15) is 18.0 Å². The molecule has 35 heavy (non-hydrogen) atoms. The van der Waals surface area contributed by atoms with Gasteiger partial charge in [-0.3, -0.25) is 14.3 Å². The zero-order valence-electron chi connectivity index (χ0n) is 18.8. The number of likely N-dealkylation sites (tertiary alicyclic amines) is 1. The van der Waals surface area contributed by atoms with Gasteiger partial charge in [-0.2, -0.15) is 0 Å². The van der Waals surface area contributed by atoms with Gasteiger partial charge in [0.05, 0.1) is 0 Å². The molecular formula is C26H23N3O4S2. The number of piperidine rings is 1. The van der Waals surface area contributed by atoms with Crippen molar-refractivity contribution in [3.8, 4) is 0 Å². The molecular weight excluding hydrogens is 482 g/mol. The van der Waals surface area contributed by atoms with Crippen molar-refractivity contribution in [2.75, 3.05) is 17.8 Å². The molecule has 4 heterocycles. The number of nitrogens with zero attached hydrogens (tertiary/aromatic N) is 2. The summed E-state index contributed by atoms with van der Waals surface area (Å²) in [4.78, 5) is 28.5. The van der Waals surface area contributed by atoms with Crippen LogP contribution in [-0.4, -0.2) is 36.9 Å². The number of nitrogens with one attached hydrogen (secondary N) is 1. The van der Waals surface area contributed by atoms with Crippen LogP contribution in [0, 0.1) is 5.92 Å². The fourth-order valence-electron chi connectivity index (χ4n) is 5.31. The van der Waals surface area contributed by atoms with Gasteiger partial charge in [0.15, 0.2) is 0 Å². The van der Waals surface area contributed by atoms with Gasteiger partial charge in [-0.15, -0.1) is 11.3 Å². The number of anilines is 1. The number of thiophene rings is 1. The number of rotatable bonds is 4. The van der Waals surface area contributed by atoms with E-state index in [0.717, 1.165) is 34.2 Å². The van der Waals surface area contributed by atoms with Gasteiger partial charge in [0.2, 0.25) is 0 Å². The van der Waals surface area contributed by atoms with Gasteiger partial charge in [0.1, 0.15) is 9.90 Å². The zero-order valence-corrected chi connectivity index (χ0v) is 20.4. The Bertz CT molecular complexity index is 1610. The summed E-state index contributed by atoms with van der Waals surface area (Å²) in [7, 11) is -3.80. The van der Waals surface area contributed by atoms with Crippen molar-refractivity contribution >= 4 is 43.7 Å². The molecule has 6 rings (SSSR count). The fraction of sp³-hybridized carbons (Fsp3) is 0.231. The predicted octanol–water partition coefficient (Wildman–Crippen LogP) is 4.12. The second-order valence-corrected chi connectivity index (χ2v) is 12.1. The van der Waals surface area contributed by atoms with Crippen molar-refractivity contribution in [3.05, 3.63) is 93.7 Å². The quantitative estimate of drug-likeness (QED) is 0.452. The number of carbonyl (C=O) groups is 1. The van der Waals surface area contributed by atoms with Crippen molar-refractivity contribution in [2.24, 2.45) is 5.92 Å². The highest BCUT2D eigenvalue weighted by atomic mass is 32.2. The van der Waals surface area contributed by atoms with E-state index in [1.165, 1.54) is 6.07 Å². The van der Waals surface area contributed by atoms with Gasteiger partial charge in [-0.05, 0) is 58.8 Å². The third kappa shape index (κ3) is 3.94. The Labute approximate surface area is 206 Å². The number of sulfonamides is 1. The van der Waals surface area contributed by atoms with E-state index in [-0.39, 0.29) is 33.2 Å². The number of hydrogen-bond acceptors (Lipinski definition) is 5. The van der Waals surface area contributed by atoms with Crippen LogP contribution < -0.4 is 10.3 Å². The van der Waals surface area contributed by atoms with Crippen molar-refractivity contribution < 1.29 is 13.2 Å². The normalized spacial score (nSPS) is 19.4. The van der Waals surface area contributed by atoms with Crippen molar-refractivity contribution in [3.63, 3.8) is 0 Å². The Morgan fingerprint density at radius 3 is 2.57 bits per heavy atom. The second-order valence-electron chi connectivity index (χ2n) is 9.20. The highest BCUT2D eigenvalue weighted by Gasteiger charge is 2.37. The third-order valence-electron chi connectivity index (χ3n) is 6.89. The topological polar surface area (TPSA) is 88.5 Å². The summed E-state index contributed by atoms with van der Waals surface area (Å²) >= 11 is 1.10. The van der Waals surface area contributed by atoms with Crippen LogP contribution in [0.25, 0.3) is 10.8 Å². The summed E-state index contributed by atoms with van der Waals surface area (Å²) in [6.07, 6.45) is 0.904. The average molecular weight is 506 g/mol. The minimum atomic E-state index is -3.80. The van der Waals surface area contributed by atoms with Crippen molar-refractivity contribution in [1.29, 1.82) is 0 Å². The van der Waals surface area contributed by atoms with Gasteiger partial charge in [0, 0.05) is 36.8 Å². The van der Waals surface area contributed by atoms with Crippen LogP contribution >= 0.6 is 11.3 Å². The third-order valence-corrected chi connectivity index (χ3v) is 9.66. The lowest BCUT2D eigenvalue weighted by molar-refractivity contribution is 0.0595. The lowest BCUT2D eigenvalue weighted by Crippen LogP contribution is -2.49. The van der Waals surface area contributed by atoms with E-state index in [4.69, 9.17) is 0 Å². The molecule has 0 saturated carbocycles. The smallest absolute Gasteiger partial charge is 0.275 e. The van der Waals surface area contributed by atoms with E-state index in [1.807, 2.05) is 53.4 Å². The molecule has 7 nitrogen and oxygen atoms in total. The maximum absolute atomic E-state index is 13.4. The van der Waals surface area contributed by atoms with Crippen molar-refractivity contribution in [1.82, 2.24) is 9.47 Å². The summed E-state index contributed by atoms with van der Waals surface area (Å²) in [6.45, 7) is 1.56. The molecule has 0 spiro atoms. The van der Waals surface area contributed by atoms with Gasteiger partial charge in [-0.25, -0.2) is 8.42 Å². The maximum atomic E-state index is 13.4. The molecule has 0 aliphatic carbocycles. The van der Waals surface area contributed by atoms with Gasteiger partial charge < -0.3 is 9.47 Å². The summed E-state index contributed by atoms with van der Waals surface area (Å²) in [6, 6.07) is 20.3. The predicted molar refractivity (Wildman–Crippen MR) is 137 cm³/mol. The Hall–Kier alpha value is -3.43. The Morgan fingerprint density at radius 1 is 0.943 bits per heavy atom. The highest BCUT2D eigenvalue weighted by molar-refractivity contribution is 7.94. The van der Waals surface area contributed by atoms with Gasteiger partial charge in [-0.1, -0.05) is 36.4 Å². The van der Waals surface area contributed by atoms with Crippen LogP contribution in [0.4, 0.5) is 5.69 Å². The molecule has 2 aromatic carbocycles. The van der Waals surface area contributed by atoms with Crippen molar-refractivity contribution in [2.45, 2.75) is 23.1 Å². The Morgan fingerprint density at radius 2 is 1.77 bits per heavy atom. The van der Waals surface area contributed by atoms with Crippen LogP contribution in [0.5, 0.6) is 0 Å². The van der Waals surface area contributed by atoms with Crippen LogP contribution in [0.2, 0.25) is 0 Å². The van der Waals surface area contributed by atoms with E-state index < -0.39 is 10.0 Å². The molecule has 9 heteroatoms. The SMILES string of the molecule is O=C(c1ccc2ccccc2c1)N1CC2CC(C1)c1ccc(NS(=O)(=O)c3cccs3)c(=O)n1C2. The summed E-state index contributed by atoms with van der Waals surface area (Å²) < 4.78 is 29.5. The largest absolute Gasteiger partial charge is 0.338 e. The zero-order chi connectivity index (χ0) is 24.2. The standard InChI is InChI=1S/C26H23N3O4S2/c30-25(20-8-7-18-4-1-2-5-19(18)13-20)28-14-17-12-21(16-28)23-10-9-22(26(31)29(23)15-17)27-35(32,33)24-6-3-11-34-24/h1-11,13,17,21,27H,12,14-16H2. The number of carbonyl (C=O) groups excluding carboxylic acids is 1. The van der Waals surface area contributed by atoms with Crippen LogP contribution in [0.3, 0.4) is 0 Å². The monoisotopic (exact) mass is 505 g/mol. The average Bonchev–Trinajstić information content (AvgIpc) is 3.41. The van der Waals surface area contributed by atoms with E-state index >= 15 is 0 Å². The number of hydrogen-bond donors (Lipinski definition) is 1. The molecule has 1 N–H and O–H groups in total. The maximum Gasteiger partial charge on any atom is 0.275 e. The number of aromatic nitrogens is 1. The molecule has 2 atom stereocenters. The molecule has 1 fully saturated rings. The van der Waals surface area contributed by atoms with E-state index in [0.29, 0.717) is 25.2 Å². The summed E-state index contributed by atoms with van der Waals surface area (Å²) in [5.41, 5.74) is 1.22. The molecule has 2 unspecified atom stereocenters. The molecule has 0 radical (unpaired) electrons. The molecule has 2 bridgehead atoms. The van der Waals surface area contributed by atoms with E-state index in [2.05, 4.69) is 4.72 Å². The lowest BCUT2D eigenvalue weighted by atomic mass is 9.83. The molecule has 178 valence electrons. The van der Waals surface area contributed by atoms with E-state index in [1.54, 1.807) is 22.1 Å². The molecule has 2 aromatic heterocycles. The van der Waals surface area contributed by atoms with Crippen LogP contribution in [0.15, 0.2) is 81.1 Å². The minimum Gasteiger partial charge on any atom is -0.338 e. The molecule has 1 saturated heterocycles. The first-order chi connectivity index (χ1) is 16.9. The summed E-state index contributed by atoms with van der Waals surface area (Å²) in [5, 5.41) is 3.81. The number of benzene rings is 2. The Kier molecular flexibility index (Phi) is 5.26. The second kappa shape index (κ2) is 8.35. The van der Waals surface area contributed by atoms with Crippen LogP contribution in [-0.2, 0) is 16.6 Å². The summed E-state index contributed by atoms with van der Waals surface area (Å²) in [5.74, 6) is 0.164. The number of pyridine rings is 1.